The van der Waals surface area contributed by atoms with Gasteiger partial charge in [0.15, 0.2) is 0 Å². The summed E-state index contributed by atoms with van der Waals surface area (Å²) in [6.07, 6.45) is 0. The topological polar surface area (TPSA) is 69.2 Å². The van der Waals surface area contributed by atoms with Gasteiger partial charge in [-0.1, -0.05) is 6.07 Å². The summed E-state index contributed by atoms with van der Waals surface area (Å²) in [7, 11) is 0. The molecule has 70 valence electrons. The van der Waals surface area contributed by atoms with Crippen molar-refractivity contribution in [2.24, 2.45) is 5.73 Å². The summed E-state index contributed by atoms with van der Waals surface area (Å²) in [6.45, 7) is 1.78. The van der Waals surface area contributed by atoms with Gasteiger partial charge in [0.25, 0.3) is 5.69 Å². The van der Waals surface area contributed by atoms with Crippen molar-refractivity contribution in [1.29, 1.82) is 0 Å². The summed E-state index contributed by atoms with van der Waals surface area (Å²) in [5.41, 5.74) is 6.40. The molecule has 1 aromatic carbocycles. The van der Waals surface area contributed by atoms with E-state index in [0.717, 1.165) is 5.56 Å². The van der Waals surface area contributed by atoms with Gasteiger partial charge in [-0.15, -0.1) is 0 Å². The van der Waals surface area contributed by atoms with E-state index in [-0.39, 0.29) is 11.7 Å². The van der Waals surface area contributed by atoms with E-state index in [9.17, 15) is 10.1 Å². The fraction of sp³-hybridized carbons (Fsp3) is 0.250. The van der Waals surface area contributed by atoms with Crippen LogP contribution in [0, 0.1) is 10.1 Å². The standard InChI is InChI=1S/C8H9BrN2O2/c1-5(10)6-2-3-7(9)8(4-6)11(12)13/h2-5H,10H2,1H3/t5-/m0/s1. The molecule has 0 radical (unpaired) electrons. The average Bonchev–Trinajstić information content (AvgIpc) is 2.04. The molecule has 1 aromatic rings. The van der Waals surface area contributed by atoms with Crippen LogP contribution in [0.3, 0.4) is 0 Å². The smallest absolute Gasteiger partial charge is 0.283 e. The third-order valence-corrected chi connectivity index (χ3v) is 2.36. The molecule has 0 aromatic heterocycles. The molecule has 0 saturated heterocycles. The summed E-state index contributed by atoms with van der Waals surface area (Å²) in [4.78, 5) is 10.1. The largest absolute Gasteiger partial charge is 0.324 e. The first-order chi connectivity index (χ1) is 6.02. The molecule has 0 aliphatic heterocycles. The van der Waals surface area contributed by atoms with Gasteiger partial charge in [0.05, 0.1) is 9.40 Å². The molecule has 1 rings (SSSR count). The van der Waals surface area contributed by atoms with Crippen LogP contribution in [0.5, 0.6) is 0 Å². The maximum Gasteiger partial charge on any atom is 0.283 e. The number of hydrogen-bond donors (Lipinski definition) is 1. The maximum absolute atomic E-state index is 10.5. The molecule has 13 heavy (non-hydrogen) atoms. The summed E-state index contributed by atoms with van der Waals surface area (Å²) in [6, 6.07) is 4.69. The van der Waals surface area contributed by atoms with Crippen LogP contribution in [0.25, 0.3) is 0 Å². The Bertz CT molecular complexity index is 339. The van der Waals surface area contributed by atoms with Crippen LogP contribution >= 0.6 is 15.9 Å². The minimum atomic E-state index is -0.435. The lowest BCUT2D eigenvalue weighted by molar-refractivity contribution is -0.385. The van der Waals surface area contributed by atoms with E-state index in [0.29, 0.717) is 4.47 Å². The molecule has 0 aliphatic rings. The molecular weight excluding hydrogens is 236 g/mol. The van der Waals surface area contributed by atoms with Gasteiger partial charge in [0, 0.05) is 12.1 Å². The molecule has 0 saturated carbocycles. The molecule has 0 aliphatic carbocycles. The highest BCUT2D eigenvalue weighted by atomic mass is 79.9. The molecule has 4 nitrogen and oxygen atoms in total. The minimum absolute atomic E-state index is 0.0507. The number of nitrogens with two attached hydrogens (primary N) is 1. The van der Waals surface area contributed by atoms with Crippen molar-refractivity contribution in [1.82, 2.24) is 0 Å². The van der Waals surface area contributed by atoms with Crippen molar-refractivity contribution in [3.8, 4) is 0 Å². The Kier molecular flexibility index (Phi) is 3.00. The van der Waals surface area contributed by atoms with E-state index < -0.39 is 4.92 Å². The van der Waals surface area contributed by atoms with E-state index in [2.05, 4.69) is 15.9 Å². The normalized spacial score (nSPS) is 12.5. The van der Waals surface area contributed by atoms with Crippen molar-refractivity contribution in [3.63, 3.8) is 0 Å². The second kappa shape index (κ2) is 3.85. The molecule has 0 amide bonds. The van der Waals surface area contributed by atoms with Gasteiger partial charge in [-0.25, -0.2) is 0 Å². The lowest BCUT2D eigenvalue weighted by atomic mass is 10.1. The zero-order valence-corrected chi connectivity index (χ0v) is 8.61. The highest BCUT2D eigenvalue weighted by Gasteiger charge is 2.13. The van der Waals surface area contributed by atoms with Crippen LogP contribution in [0.1, 0.15) is 18.5 Å². The first-order valence-electron chi connectivity index (χ1n) is 3.72. The number of halogens is 1. The van der Waals surface area contributed by atoms with Crippen LogP contribution in [-0.2, 0) is 0 Å². The Morgan fingerprint density at radius 3 is 2.69 bits per heavy atom. The predicted octanol–water partition coefficient (Wildman–Crippen LogP) is 2.38. The van der Waals surface area contributed by atoms with E-state index in [1.165, 1.54) is 6.07 Å². The number of hydrogen-bond acceptors (Lipinski definition) is 3. The quantitative estimate of drug-likeness (QED) is 0.642. The molecular formula is C8H9BrN2O2. The Labute approximate surface area is 84.0 Å². The molecule has 5 heteroatoms. The fourth-order valence-electron chi connectivity index (χ4n) is 0.953. The van der Waals surface area contributed by atoms with Gasteiger partial charge in [-0.05, 0) is 34.5 Å². The highest BCUT2D eigenvalue weighted by molar-refractivity contribution is 9.10. The molecule has 1 atom stereocenters. The fourth-order valence-corrected chi connectivity index (χ4v) is 1.34. The third-order valence-electron chi connectivity index (χ3n) is 1.69. The Morgan fingerprint density at radius 2 is 2.23 bits per heavy atom. The van der Waals surface area contributed by atoms with Gasteiger partial charge in [-0.2, -0.15) is 0 Å². The summed E-state index contributed by atoms with van der Waals surface area (Å²) in [5.74, 6) is 0. The van der Waals surface area contributed by atoms with Gasteiger partial charge in [0.1, 0.15) is 0 Å². The van der Waals surface area contributed by atoms with Crippen LogP contribution in [0.4, 0.5) is 5.69 Å². The molecule has 2 N–H and O–H groups in total. The van der Waals surface area contributed by atoms with Crippen molar-refractivity contribution in [2.75, 3.05) is 0 Å². The van der Waals surface area contributed by atoms with Gasteiger partial charge in [-0.3, -0.25) is 10.1 Å². The van der Waals surface area contributed by atoms with Gasteiger partial charge < -0.3 is 5.73 Å². The Balaban J connectivity index is 3.19. The monoisotopic (exact) mass is 244 g/mol. The lowest BCUT2D eigenvalue weighted by Gasteiger charge is -2.05. The van der Waals surface area contributed by atoms with E-state index in [1.54, 1.807) is 19.1 Å². The minimum Gasteiger partial charge on any atom is -0.324 e. The lowest BCUT2D eigenvalue weighted by Crippen LogP contribution is -2.05. The van der Waals surface area contributed by atoms with Crippen LogP contribution in [0.2, 0.25) is 0 Å². The molecule has 0 bridgehead atoms. The second-order valence-corrected chi connectivity index (χ2v) is 3.61. The average molecular weight is 245 g/mol. The second-order valence-electron chi connectivity index (χ2n) is 2.76. The van der Waals surface area contributed by atoms with Crippen LogP contribution < -0.4 is 5.73 Å². The highest BCUT2D eigenvalue weighted by Crippen LogP contribution is 2.27. The van der Waals surface area contributed by atoms with Crippen molar-refractivity contribution >= 4 is 21.6 Å². The summed E-state index contributed by atoms with van der Waals surface area (Å²) >= 11 is 3.10. The van der Waals surface area contributed by atoms with Gasteiger partial charge >= 0.3 is 0 Å². The van der Waals surface area contributed by atoms with E-state index >= 15 is 0 Å². The molecule has 0 fully saturated rings. The Hall–Kier alpha value is -0.940. The summed E-state index contributed by atoms with van der Waals surface area (Å²) in [5, 5.41) is 10.5. The van der Waals surface area contributed by atoms with Crippen molar-refractivity contribution < 1.29 is 4.92 Å². The maximum atomic E-state index is 10.5. The molecule has 0 heterocycles. The van der Waals surface area contributed by atoms with E-state index in [1.807, 2.05) is 0 Å². The number of nitro groups is 1. The van der Waals surface area contributed by atoms with Crippen LogP contribution in [0.15, 0.2) is 22.7 Å². The third kappa shape index (κ3) is 2.26. The van der Waals surface area contributed by atoms with Crippen LogP contribution in [-0.4, -0.2) is 4.92 Å². The van der Waals surface area contributed by atoms with Gasteiger partial charge in [0.2, 0.25) is 0 Å². The SMILES string of the molecule is C[C@H](N)c1ccc(Br)c([N+](=O)[O-])c1. The zero-order valence-electron chi connectivity index (χ0n) is 7.03. The Morgan fingerprint density at radius 1 is 1.62 bits per heavy atom. The number of nitrogens with zero attached hydrogens (tertiary/aromatic N) is 1. The first-order valence-corrected chi connectivity index (χ1v) is 4.51. The first kappa shape index (κ1) is 10.1. The summed E-state index contributed by atoms with van der Waals surface area (Å²) < 4.78 is 0.474. The predicted molar refractivity (Wildman–Crippen MR) is 53.4 cm³/mol. The van der Waals surface area contributed by atoms with E-state index in [4.69, 9.17) is 5.73 Å². The number of rotatable bonds is 2. The number of benzene rings is 1. The molecule has 0 unspecified atom stereocenters. The van der Waals surface area contributed by atoms with Crippen molar-refractivity contribution in [2.45, 2.75) is 13.0 Å². The number of nitro benzene ring substituents is 1. The van der Waals surface area contributed by atoms with Crippen molar-refractivity contribution in [3.05, 3.63) is 38.3 Å². The zero-order chi connectivity index (χ0) is 10.0. The molecule has 0 spiro atoms.